The minimum Gasteiger partial charge on any atom is -0.465 e. The quantitative estimate of drug-likeness (QED) is 0.224. The monoisotopic (exact) mass is 333 g/mol. The summed E-state index contributed by atoms with van der Waals surface area (Å²) in [6.07, 6.45) is 0. The van der Waals surface area contributed by atoms with E-state index in [1.807, 2.05) is 5.43 Å². The Morgan fingerprint density at radius 2 is 2.00 bits per heavy atom. The molecule has 21 heavy (non-hydrogen) atoms. The van der Waals surface area contributed by atoms with Crippen molar-refractivity contribution in [3.63, 3.8) is 0 Å². The summed E-state index contributed by atoms with van der Waals surface area (Å²) in [5.74, 6) is 3.22. The molecule has 0 fully saturated rings. The van der Waals surface area contributed by atoms with Crippen LogP contribution in [0.5, 0.6) is 0 Å². The van der Waals surface area contributed by atoms with Crippen LogP contribution in [0.25, 0.3) is 0 Å². The van der Waals surface area contributed by atoms with E-state index in [-0.39, 0.29) is 28.5 Å². The van der Waals surface area contributed by atoms with E-state index in [0.29, 0.717) is 4.21 Å². The molecule has 0 atom stereocenters. The second kappa shape index (κ2) is 7.86. The Morgan fingerprint density at radius 3 is 2.52 bits per heavy atom. The summed E-state index contributed by atoms with van der Waals surface area (Å²) in [5.41, 5.74) is 7.84. The smallest absolute Gasteiger partial charge is 0.350 e. The maximum atomic E-state index is 11.9. The van der Waals surface area contributed by atoms with Crippen molar-refractivity contribution in [1.82, 2.24) is 5.43 Å². The van der Waals surface area contributed by atoms with Gasteiger partial charge in [0.15, 0.2) is 0 Å². The Kier molecular flexibility index (Phi) is 6.46. The van der Waals surface area contributed by atoms with Crippen LogP contribution in [-0.4, -0.2) is 37.3 Å². The standard InChI is InChI=1S/C11H15N3O5S2/c1-3-19-9(16)6-7(12)8(10(17)18-2)21-11(6)20-4-5(15)14-13/h3-4,12-13H2,1-2H3,(H,14,15). The van der Waals surface area contributed by atoms with Crippen LogP contribution in [-0.2, 0) is 14.3 Å². The molecule has 1 aromatic rings. The van der Waals surface area contributed by atoms with Crippen molar-refractivity contribution in [2.24, 2.45) is 5.84 Å². The van der Waals surface area contributed by atoms with Crippen molar-refractivity contribution in [2.75, 3.05) is 25.2 Å². The lowest BCUT2D eigenvalue weighted by Gasteiger charge is -2.04. The van der Waals surface area contributed by atoms with E-state index in [2.05, 4.69) is 4.74 Å². The van der Waals surface area contributed by atoms with Gasteiger partial charge in [0.2, 0.25) is 5.91 Å². The molecule has 1 rings (SSSR count). The largest absolute Gasteiger partial charge is 0.465 e. The first kappa shape index (κ1) is 17.3. The number of hydrogen-bond acceptors (Lipinski definition) is 9. The third-order valence-corrected chi connectivity index (χ3v) is 4.72. The van der Waals surface area contributed by atoms with Crippen LogP contribution in [0.4, 0.5) is 5.69 Å². The summed E-state index contributed by atoms with van der Waals surface area (Å²) in [6.45, 7) is 1.81. The van der Waals surface area contributed by atoms with Gasteiger partial charge in [-0.25, -0.2) is 15.4 Å². The molecule has 0 aliphatic carbocycles. The molecule has 0 spiro atoms. The lowest BCUT2D eigenvalue weighted by Crippen LogP contribution is -2.31. The van der Waals surface area contributed by atoms with E-state index >= 15 is 0 Å². The lowest BCUT2D eigenvalue weighted by atomic mass is 10.2. The second-order valence-corrected chi connectivity index (χ2v) is 5.84. The fourth-order valence-electron chi connectivity index (χ4n) is 1.34. The number of carbonyl (C=O) groups is 3. The maximum Gasteiger partial charge on any atom is 0.350 e. The number of amides is 1. The van der Waals surface area contributed by atoms with Gasteiger partial charge in [0.1, 0.15) is 10.4 Å². The van der Waals surface area contributed by atoms with Crippen molar-refractivity contribution in [3.05, 3.63) is 10.4 Å². The van der Waals surface area contributed by atoms with Gasteiger partial charge in [-0.05, 0) is 6.92 Å². The first-order chi connectivity index (χ1) is 9.96. The highest BCUT2D eigenvalue weighted by atomic mass is 32.2. The number of nitrogens with two attached hydrogens (primary N) is 2. The molecule has 8 nitrogen and oxygen atoms in total. The van der Waals surface area contributed by atoms with Crippen LogP contribution in [0.2, 0.25) is 0 Å². The Morgan fingerprint density at radius 1 is 1.33 bits per heavy atom. The number of hydrazine groups is 1. The molecule has 0 unspecified atom stereocenters. The highest BCUT2D eigenvalue weighted by Crippen LogP contribution is 2.39. The minimum atomic E-state index is -0.656. The van der Waals surface area contributed by atoms with E-state index < -0.39 is 17.8 Å². The molecule has 1 heterocycles. The van der Waals surface area contributed by atoms with Gasteiger partial charge >= 0.3 is 11.9 Å². The summed E-state index contributed by atoms with van der Waals surface area (Å²) in [6, 6.07) is 0. The highest BCUT2D eigenvalue weighted by molar-refractivity contribution is 8.01. The van der Waals surface area contributed by atoms with Crippen LogP contribution in [0.15, 0.2) is 4.21 Å². The molecule has 5 N–H and O–H groups in total. The van der Waals surface area contributed by atoms with E-state index in [9.17, 15) is 14.4 Å². The molecule has 1 aromatic heterocycles. The molecule has 0 bridgehead atoms. The maximum absolute atomic E-state index is 11.9. The zero-order valence-electron chi connectivity index (χ0n) is 11.4. The SMILES string of the molecule is CCOC(=O)c1c(SCC(=O)NN)sc(C(=O)OC)c1N. The first-order valence-electron chi connectivity index (χ1n) is 5.76. The van der Waals surface area contributed by atoms with Crippen LogP contribution in [0, 0.1) is 0 Å². The van der Waals surface area contributed by atoms with E-state index in [1.54, 1.807) is 6.92 Å². The summed E-state index contributed by atoms with van der Waals surface area (Å²) < 4.78 is 9.91. The van der Waals surface area contributed by atoms with Gasteiger partial charge in [0.05, 0.1) is 29.4 Å². The Hall–Kier alpha value is -1.78. The van der Waals surface area contributed by atoms with Gasteiger partial charge in [0, 0.05) is 0 Å². The first-order valence-corrected chi connectivity index (χ1v) is 7.56. The number of nitrogens with one attached hydrogen (secondary N) is 1. The van der Waals surface area contributed by atoms with E-state index in [0.717, 1.165) is 23.1 Å². The molecule has 0 saturated carbocycles. The third kappa shape index (κ3) is 4.09. The lowest BCUT2D eigenvalue weighted by molar-refractivity contribution is -0.118. The van der Waals surface area contributed by atoms with Crippen molar-refractivity contribution in [3.8, 4) is 0 Å². The summed E-state index contributed by atoms with van der Waals surface area (Å²) >= 11 is 2.00. The number of hydrogen-bond donors (Lipinski definition) is 3. The molecule has 116 valence electrons. The fraction of sp³-hybridized carbons (Fsp3) is 0.364. The molecular formula is C11H15N3O5S2. The fourth-order valence-corrected chi connectivity index (χ4v) is 3.54. The van der Waals surface area contributed by atoms with E-state index in [1.165, 1.54) is 7.11 Å². The van der Waals surface area contributed by atoms with Crippen LogP contribution < -0.4 is 17.0 Å². The van der Waals surface area contributed by atoms with Gasteiger partial charge in [-0.15, -0.1) is 23.1 Å². The Bertz CT molecular complexity index is 558. The third-order valence-electron chi connectivity index (χ3n) is 2.26. The normalized spacial score (nSPS) is 10.0. The predicted molar refractivity (Wildman–Crippen MR) is 79.1 cm³/mol. The zero-order chi connectivity index (χ0) is 16.0. The Balaban J connectivity index is 3.16. The topological polar surface area (TPSA) is 134 Å². The summed E-state index contributed by atoms with van der Waals surface area (Å²) in [5, 5.41) is 0. The predicted octanol–water partition coefficient (Wildman–Crippen LogP) is 0.376. The average Bonchev–Trinajstić information content (AvgIpc) is 2.80. The molecular weight excluding hydrogens is 318 g/mol. The van der Waals surface area contributed by atoms with Gasteiger partial charge < -0.3 is 15.2 Å². The molecule has 0 radical (unpaired) electrons. The number of anilines is 1. The number of rotatable bonds is 6. The number of nitrogen functional groups attached to an aromatic ring is 1. The van der Waals surface area contributed by atoms with Crippen molar-refractivity contribution in [1.29, 1.82) is 0 Å². The number of carbonyl (C=O) groups excluding carboxylic acids is 3. The number of methoxy groups -OCH3 is 1. The molecule has 10 heteroatoms. The van der Waals surface area contributed by atoms with Crippen molar-refractivity contribution < 1.29 is 23.9 Å². The Labute approximate surface area is 129 Å². The number of ether oxygens (including phenoxy) is 2. The van der Waals surface area contributed by atoms with Gasteiger partial charge in [-0.2, -0.15) is 0 Å². The number of thioether (sulfide) groups is 1. The highest BCUT2D eigenvalue weighted by Gasteiger charge is 2.27. The van der Waals surface area contributed by atoms with Crippen LogP contribution in [0.1, 0.15) is 27.0 Å². The van der Waals surface area contributed by atoms with Gasteiger partial charge in [-0.1, -0.05) is 0 Å². The molecule has 1 amide bonds. The van der Waals surface area contributed by atoms with E-state index in [4.69, 9.17) is 16.3 Å². The molecule has 0 saturated heterocycles. The van der Waals surface area contributed by atoms with Crippen molar-refractivity contribution in [2.45, 2.75) is 11.1 Å². The number of esters is 2. The van der Waals surface area contributed by atoms with Crippen LogP contribution >= 0.6 is 23.1 Å². The van der Waals surface area contributed by atoms with Crippen LogP contribution in [0.3, 0.4) is 0 Å². The summed E-state index contributed by atoms with van der Waals surface area (Å²) in [7, 11) is 1.21. The molecule has 0 aliphatic heterocycles. The van der Waals surface area contributed by atoms with Crippen molar-refractivity contribution >= 4 is 46.6 Å². The number of thiophene rings is 1. The van der Waals surface area contributed by atoms with Gasteiger partial charge in [0.25, 0.3) is 0 Å². The second-order valence-electron chi connectivity index (χ2n) is 3.58. The van der Waals surface area contributed by atoms with Gasteiger partial charge in [-0.3, -0.25) is 10.2 Å². The molecule has 0 aliphatic rings. The molecule has 0 aromatic carbocycles. The minimum absolute atomic E-state index is 0.0130. The average molecular weight is 333 g/mol. The zero-order valence-corrected chi connectivity index (χ0v) is 13.1. The summed E-state index contributed by atoms with van der Waals surface area (Å²) in [4.78, 5) is 34.8.